The molecular formula is C11H14O2. The van der Waals surface area contributed by atoms with E-state index in [0.717, 1.165) is 5.56 Å². The van der Waals surface area contributed by atoms with E-state index in [4.69, 9.17) is 9.84 Å². The van der Waals surface area contributed by atoms with Gasteiger partial charge in [0.15, 0.2) is 0 Å². The molecule has 1 atom stereocenters. The van der Waals surface area contributed by atoms with Crippen molar-refractivity contribution in [2.24, 2.45) is 0 Å². The number of aliphatic hydroxyl groups excluding tert-OH is 1. The van der Waals surface area contributed by atoms with Crippen molar-refractivity contribution >= 4 is 0 Å². The van der Waals surface area contributed by atoms with Crippen LogP contribution >= 0.6 is 0 Å². The number of aliphatic hydroxyl groups is 1. The van der Waals surface area contributed by atoms with Crippen molar-refractivity contribution in [3.8, 4) is 0 Å². The van der Waals surface area contributed by atoms with Gasteiger partial charge in [-0.1, -0.05) is 36.4 Å². The SMILES string of the molecule is C=C[C@H](O)COCc1ccccc1. The van der Waals surface area contributed by atoms with E-state index < -0.39 is 6.10 Å². The lowest BCUT2D eigenvalue weighted by atomic mass is 10.2. The van der Waals surface area contributed by atoms with Gasteiger partial charge < -0.3 is 9.84 Å². The molecule has 0 bridgehead atoms. The van der Waals surface area contributed by atoms with Crippen LogP contribution in [0.25, 0.3) is 0 Å². The highest BCUT2D eigenvalue weighted by Crippen LogP contribution is 2.00. The molecule has 0 aliphatic heterocycles. The maximum atomic E-state index is 9.09. The minimum Gasteiger partial charge on any atom is -0.387 e. The van der Waals surface area contributed by atoms with Crippen molar-refractivity contribution in [3.05, 3.63) is 48.6 Å². The number of benzene rings is 1. The third-order valence-electron chi connectivity index (χ3n) is 1.67. The second kappa shape index (κ2) is 5.51. The molecule has 2 nitrogen and oxygen atoms in total. The normalized spacial score (nSPS) is 12.4. The highest BCUT2D eigenvalue weighted by molar-refractivity contribution is 5.13. The maximum absolute atomic E-state index is 9.09. The van der Waals surface area contributed by atoms with Crippen molar-refractivity contribution in [1.82, 2.24) is 0 Å². The largest absolute Gasteiger partial charge is 0.387 e. The molecule has 1 aromatic rings. The van der Waals surface area contributed by atoms with Crippen LogP contribution in [0.15, 0.2) is 43.0 Å². The standard InChI is InChI=1S/C11H14O2/c1-2-11(12)9-13-8-10-6-4-3-5-7-10/h2-7,11-12H,1,8-9H2/t11-/m0/s1. The van der Waals surface area contributed by atoms with Crippen molar-refractivity contribution in [2.75, 3.05) is 6.61 Å². The van der Waals surface area contributed by atoms with E-state index in [-0.39, 0.29) is 0 Å². The number of ether oxygens (including phenoxy) is 1. The molecule has 0 amide bonds. The van der Waals surface area contributed by atoms with Gasteiger partial charge in [0.25, 0.3) is 0 Å². The lowest BCUT2D eigenvalue weighted by Gasteiger charge is -2.06. The van der Waals surface area contributed by atoms with E-state index in [0.29, 0.717) is 13.2 Å². The minimum absolute atomic E-state index is 0.304. The second-order valence-electron chi connectivity index (χ2n) is 2.80. The Labute approximate surface area is 78.5 Å². The molecule has 1 N–H and O–H groups in total. The van der Waals surface area contributed by atoms with Crippen LogP contribution in [0.1, 0.15) is 5.56 Å². The summed E-state index contributed by atoms with van der Waals surface area (Å²) in [7, 11) is 0. The summed E-state index contributed by atoms with van der Waals surface area (Å²) in [6.07, 6.45) is 0.897. The zero-order valence-corrected chi connectivity index (χ0v) is 7.52. The highest BCUT2D eigenvalue weighted by Gasteiger charge is 1.97. The van der Waals surface area contributed by atoms with E-state index in [9.17, 15) is 0 Å². The summed E-state index contributed by atoms with van der Waals surface area (Å²) in [5.74, 6) is 0. The van der Waals surface area contributed by atoms with Gasteiger partial charge in [-0.15, -0.1) is 6.58 Å². The third kappa shape index (κ3) is 3.87. The molecule has 0 saturated carbocycles. The first-order valence-corrected chi connectivity index (χ1v) is 4.25. The van der Waals surface area contributed by atoms with E-state index in [1.54, 1.807) is 0 Å². The van der Waals surface area contributed by atoms with Crippen molar-refractivity contribution in [2.45, 2.75) is 12.7 Å². The number of hydrogen-bond acceptors (Lipinski definition) is 2. The van der Waals surface area contributed by atoms with Gasteiger partial charge in [-0.05, 0) is 5.56 Å². The molecule has 0 aliphatic rings. The quantitative estimate of drug-likeness (QED) is 0.696. The van der Waals surface area contributed by atoms with Crippen molar-refractivity contribution in [1.29, 1.82) is 0 Å². The fourth-order valence-electron chi connectivity index (χ4n) is 0.940. The zero-order valence-electron chi connectivity index (χ0n) is 7.52. The van der Waals surface area contributed by atoms with Crippen LogP contribution in [0.5, 0.6) is 0 Å². The number of rotatable bonds is 5. The van der Waals surface area contributed by atoms with Gasteiger partial charge in [0.2, 0.25) is 0 Å². The first-order chi connectivity index (χ1) is 6.33. The van der Waals surface area contributed by atoms with Crippen LogP contribution in [-0.2, 0) is 11.3 Å². The van der Waals surface area contributed by atoms with E-state index in [1.165, 1.54) is 6.08 Å². The fraction of sp³-hybridized carbons (Fsp3) is 0.273. The van der Waals surface area contributed by atoms with E-state index in [2.05, 4.69) is 6.58 Å². The van der Waals surface area contributed by atoms with Gasteiger partial charge in [-0.25, -0.2) is 0 Å². The average Bonchev–Trinajstić information content (AvgIpc) is 2.19. The predicted octanol–water partition coefficient (Wildman–Crippen LogP) is 1.75. The topological polar surface area (TPSA) is 29.5 Å². The molecule has 1 rings (SSSR count). The van der Waals surface area contributed by atoms with Gasteiger partial charge in [-0.3, -0.25) is 0 Å². The van der Waals surface area contributed by atoms with Gasteiger partial charge >= 0.3 is 0 Å². The fourth-order valence-corrected chi connectivity index (χ4v) is 0.940. The molecular weight excluding hydrogens is 164 g/mol. The maximum Gasteiger partial charge on any atom is 0.0952 e. The molecule has 0 aliphatic carbocycles. The molecule has 0 radical (unpaired) electrons. The molecule has 2 heteroatoms. The molecule has 0 unspecified atom stereocenters. The van der Waals surface area contributed by atoms with Crippen LogP contribution in [0.4, 0.5) is 0 Å². The third-order valence-corrected chi connectivity index (χ3v) is 1.67. The Morgan fingerprint density at radius 1 is 1.38 bits per heavy atom. The van der Waals surface area contributed by atoms with Crippen molar-refractivity contribution in [3.63, 3.8) is 0 Å². The predicted molar refractivity (Wildman–Crippen MR) is 52.3 cm³/mol. The Hall–Kier alpha value is -1.12. The summed E-state index contributed by atoms with van der Waals surface area (Å²) < 4.78 is 5.25. The summed E-state index contributed by atoms with van der Waals surface area (Å²) in [5.41, 5.74) is 1.11. The monoisotopic (exact) mass is 178 g/mol. The van der Waals surface area contributed by atoms with Gasteiger partial charge in [0, 0.05) is 0 Å². The lowest BCUT2D eigenvalue weighted by Crippen LogP contribution is -2.11. The highest BCUT2D eigenvalue weighted by atomic mass is 16.5. The lowest BCUT2D eigenvalue weighted by molar-refractivity contribution is 0.0505. The number of hydrogen-bond donors (Lipinski definition) is 1. The summed E-state index contributed by atoms with van der Waals surface area (Å²) >= 11 is 0. The summed E-state index contributed by atoms with van der Waals surface area (Å²) in [6.45, 7) is 4.29. The molecule has 0 fully saturated rings. The summed E-state index contributed by atoms with van der Waals surface area (Å²) in [5, 5.41) is 9.09. The van der Waals surface area contributed by atoms with E-state index >= 15 is 0 Å². The first kappa shape index (κ1) is 9.96. The summed E-state index contributed by atoms with van der Waals surface area (Å²) in [6, 6.07) is 9.86. The molecule has 1 aromatic carbocycles. The second-order valence-corrected chi connectivity index (χ2v) is 2.80. The summed E-state index contributed by atoms with van der Waals surface area (Å²) in [4.78, 5) is 0. The molecule has 0 aromatic heterocycles. The Bertz CT molecular complexity index is 244. The Kier molecular flexibility index (Phi) is 4.23. The Morgan fingerprint density at radius 2 is 2.08 bits per heavy atom. The first-order valence-electron chi connectivity index (χ1n) is 4.25. The minimum atomic E-state index is -0.566. The van der Waals surface area contributed by atoms with E-state index in [1.807, 2.05) is 30.3 Å². The molecule has 0 spiro atoms. The van der Waals surface area contributed by atoms with Crippen LogP contribution in [0.3, 0.4) is 0 Å². The molecule has 0 heterocycles. The van der Waals surface area contributed by atoms with Crippen LogP contribution in [0, 0.1) is 0 Å². The van der Waals surface area contributed by atoms with Gasteiger partial charge in [0.1, 0.15) is 0 Å². The molecule has 13 heavy (non-hydrogen) atoms. The van der Waals surface area contributed by atoms with Crippen molar-refractivity contribution < 1.29 is 9.84 Å². The smallest absolute Gasteiger partial charge is 0.0952 e. The Balaban J connectivity index is 2.24. The molecule has 0 saturated heterocycles. The molecule has 70 valence electrons. The van der Waals surface area contributed by atoms with Gasteiger partial charge in [-0.2, -0.15) is 0 Å². The van der Waals surface area contributed by atoms with Crippen LogP contribution in [-0.4, -0.2) is 17.8 Å². The average molecular weight is 178 g/mol. The van der Waals surface area contributed by atoms with Crippen LogP contribution in [0.2, 0.25) is 0 Å². The van der Waals surface area contributed by atoms with Crippen LogP contribution < -0.4 is 0 Å². The Morgan fingerprint density at radius 3 is 2.69 bits per heavy atom. The van der Waals surface area contributed by atoms with Gasteiger partial charge in [0.05, 0.1) is 19.3 Å². The zero-order chi connectivity index (χ0) is 9.52.